The first-order valence-corrected chi connectivity index (χ1v) is 6.25. The Morgan fingerprint density at radius 2 is 2.11 bits per heavy atom. The van der Waals surface area contributed by atoms with E-state index in [9.17, 15) is 14.4 Å². The lowest BCUT2D eigenvalue weighted by Gasteiger charge is -2.19. The van der Waals surface area contributed by atoms with Crippen molar-refractivity contribution in [2.45, 2.75) is 19.8 Å². The smallest absolute Gasteiger partial charge is 0.310 e. The number of nitrogens with one attached hydrogen (secondary N) is 1. The van der Waals surface area contributed by atoms with Crippen LogP contribution in [0.1, 0.15) is 19.8 Å². The number of nitrogens with zero attached hydrogens (tertiary/aromatic N) is 2. The zero-order valence-electron chi connectivity index (χ0n) is 11.0. The molecule has 1 saturated heterocycles. The quantitative estimate of drug-likeness (QED) is 0.684. The number of likely N-dealkylation sites (tertiary alicyclic amines) is 1. The Balaban J connectivity index is 2.02. The molecule has 0 aromatic rings. The summed E-state index contributed by atoms with van der Waals surface area (Å²) < 4.78 is 4.73. The van der Waals surface area contributed by atoms with E-state index >= 15 is 0 Å². The van der Waals surface area contributed by atoms with Gasteiger partial charge in [0.15, 0.2) is 0 Å². The minimum Gasteiger partial charge on any atom is -0.469 e. The highest BCUT2D eigenvalue weighted by Gasteiger charge is 2.39. The zero-order valence-corrected chi connectivity index (χ0v) is 11.0. The molecule has 2 rings (SSSR count). The third kappa shape index (κ3) is 2.74. The van der Waals surface area contributed by atoms with Gasteiger partial charge in [0.25, 0.3) is 5.91 Å². The van der Waals surface area contributed by atoms with Crippen LogP contribution < -0.4 is 5.43 Å². The van der Waals surface area contributed by atoms with Crippen LogP contribution in [-0.4, -0.2) is 48.6 Å². The van der Waals surface area contributed by atoms with Crippen LogP contribution in [0.5, 0.6) is 0 Å². The topological polar surface area (TPSA) is 88.1 Å². The summed E-state index contributed by atoms with van der Waals surface area (Å²) in [6.45, 7) is 2.77. The van der Waals surface area contributed by atoms with E-state index in [1.807, 2.05) is 6.92 Å². The number of amides is 2. The van der Waals surface area contributed by atoms with Crippen molar-refractivity contribution in [2.75, 3.05) is 20.2 Å². The first-order valence-electron chi connectivity index (χ1n) is 6.25. The fourth-order valence-corrected chi connectivity index (χ4v) is 2.40. The molecule has 7 nitrogen and oxygen atoms in total. The van der Waals surface area contributed by atoms with Gasteiger partial charge in [-0.3, -0.25) is 14.4 Å². The number of esters is 1. The molecule has 0 aromatic heterocycles. The van der Waals surface area contributed by atoms with Gasteiger partial charge >= 0.3 is 5.97 Å². The maximum atomic E-state index is 12.2. The van der Waals surface area contributed by atoms with E-state index in [1.54, 1.807) is 4.90 Å². The van der Waals surface area contributed by atoms with E-state index in [-0.39, 0.29) is 36.0 Å². The minimum atomic E-state index is -0.290. The van der Waals surface area contributed by atoms with Crippen molar-refractivity contribution >= 4 is 23.5 Å². The van der Waals surface area contributed by atoms with Crippen molar-refractivity contribution in [1.82, 2.24) is 10.3 Å². The van der Waals surface area contributed by atoms with Crippen LogP contribution >= 0.6 is 0 Å². The van der Waals surface area contributed by atoms with E-state index in [0.29, 0.717) is 25.2 Å². The van der Waals surface area contributed by atoms with Gasteiger partial charge in [-0.05, 0) is 5.92 Å². The van der Waals surface area contributed by atoms with Gasteiger partial charge in [-0.1, -0.05) is 6.92 Å². The van der Waals surface area contributed by atoms with Crippen molar-refractivity contribution in [2.24, 2.45) is 16.9 Å². The Labute approximate surface area is 111 Å². The first-order chi connectivity index (χ1) is 9.02. The van der Waals surface area contributed by atoms with Crippen LogP contribution in [0.3, 0.4) is 0 Å². The van der Waals surface area contributed by atoms with Crippen LogP contribution in [0.25, 0.3) is 0 Å². The lowest BCUT2D eigenvalue weighted by molar-refractivity contribution is -0.146. The summed E-state index contributed by atoms with van der Waals surface area (Å²) in [5, 5.41) is 3.78. The Morgan fingerprint density at radius 1 is 1.37 bits per heavy atom. The number of methoxy groups -OCH3 is 1. The van der Waals surface area contributed by atoms with Gasteiger partial charge in [-0.2, -0.15) is 5.10 Å². The minimum absolute atomic E-state index is 0.0650. The summed E-state index contributed by atoms with van der Waals surface area (Å²) in [5.41, 5.74) is 2.65. The summed E-state index contributed by atoms with van der Waals surface area (Å²) >= 11 is 0. The number of hydrogen-bond acceptors (Lipinski definition) is 5. The fraction of sp³-hybridized carbons (Fsp3) is 0.667. The fourth-order valence-electron chi connectivity index (χ4n) is 2.40. The van der Waals surface area contributed by atoms with E-state index in [2.05, 4.69) is 10.5 Å². The van der Waals surface area contributed by atoms with Crippen molar-refractivity contribution in [3.8, 4) is 0 Å². The molecular weight excluding hydrogens is 250 g/mol. The molecule has 104 valence electrons. The maximum Gasteiger partial charge on any atom is 0.310 e. The summed E-state index contributed by atoms with van der Waals surface area (Å²) in [5.74, 6) is -0.901. The van der Waals surface area contributed by atoms with Gasteiger partial charge in [-0.25, -0.2) is 5.43 Å². The summed E-state index contributed by atoms with van der Waals surface area (Å²) in [4.78, 5) is 36.3. The number of hydrazone groups is 1. The van der Waals surface area contributed by atoms with Crippen molar-refractivity contribution < 1.29 is 19.1 Å². The van der Waals surface area contributed by atoms with Crippen molar-refractivity contribution in [3.63, 3.8) is 0 Å². The SMILES string of the molecule is COC(=O)C1CN(C(=O)C2=NNC(=O)CC2)CC1C. The standard InChI is InChI=1S/C12H17N3O4/c1-7-5-15(6-8(7)12(18)19-2)11(17)9-3-4-10(16)14-13-9/h7-8H,3-6H2,1-2H3,(H,14,16). The molecule has 0 aromatic carbocycles. The van der Waals surface area contributed by atoms with Gasteiger partial charge in [-0.15, -0.1) is 0 Å². The predicted octanol–water partition coefficient (Wildman–Crippen LogP) is -0.480. The second kappa shape index (κ2) is 5.38. The summed E-state index contributed by atoms with van der Waals surface area (Å²) in [7, 11) is 1.35. The Morgan fingerprint density at radius 3 is 2.68 bits per heavy atom. The second-order valence-corrected chi connectivity index (χ2v) is 4.91. The van der Waals surface area contributed by atoms with Gasteiger partial charge in [0, 0.05) is 25.9 Å². The third-order valence-corrected chi connectivity index (χ3v) is 3.55. The Kier molecular flexibility index (Phi) is 3.82. The molecule has 7 heteroatoms. The molecule has 0 spiro atoms. The van der Waals surface area contributed by atoms with Gasteiger partial charge in [0.2, 0.25) is 5.91 Å². The van der Waals surface area contributed by atoms with Crippen molar-refractivity contribution in [1.29, 1.82) is 0 Å². The Bertz CT molecular complexity index is 446. The molecule has 2 unspecified atom stereocenters. The van der Waals surface area contributed by atoms with Crippen LogP contribution in [-0.2, 0) is 19.1 Å². The molecule has 2 amide bonds. The molecule has 2 heterocycles. The maximum absolute atomic E-state index is 12.2. The van der Waals surface area contributed by atoms with Gasteiger partial charge < -0.3 is 9.64 Å². The molecule has 0 radical (unpaired) electrons. The molecule has 2 aliphatic rings. The first kappa shape index (κ1) is 13.5. The molecule has 0 bridgehead atoms. The highest BCUT2D eigenvalue weighted by molar-refractivity contribution is 6.39. The zero-order chi connectivity index (χ0) is 14.0. The van der Waals surface area contributed by atoms with Crippen molar-refractivity contribution in [3.05, 3.63) is 0 Å². The average molecular weight is 267 g/mol. The molecule has 2 atom stereocenters. The number of carbonyl (C=O) groups excluding carboxylic acids is 3. The molecule has 2 aliphatic heterocycles. The molecule has 0 aliphatic carbocycles. The number of ether oxygens (including phenoxy) is 1. The summed E-state index contributed by atoms with van der Waals surface area (Å²) in [6.07, 6.45) is 0.618. The third-order valence-electron chi connectivity index (χ3n) is 3.55. The van der Waals surface area contributed by atoms with Crippen LogP contribution in [0, 0.1) is 11.8 Å². The highest BCUT2D eigenvalue weighted by Crippen LogP contribution is 2.24. The second-order valence-electron chi connectivity index (χ2n) is 4.91. The average Bonchev–Trinajstić information content (AvgIpc) is 2.80. The largest absolute Gasteiger partial charge is 0.469 e. The van der Waals surface area contributed by atoms with Crippen LogP contribution in [0.4, 0.5) is 0 Å². The lowest BCUT2D eigenvalue weighted by Crippen LogP contribution is -2.39. The molecule has 19 heavy (non-hydrogen) atoms. The van der Waals surface area contributed by atoms with Crippen LogP contribution in [0.15, 0.2) is 5.10 Å². The molecule has 1 N–H and O–H groups in total. The normalized spacial score (nSPS) is 26.7. The molecule has 1 fully saturated rings. The molecule has 0 saturated carbocycles. The summed E-state index contributed by atoms with van der Waals surface area (Å²) in [6, 6.07) is 0. The van der Waals surface area contributed by atoms with Crippen LogP contribution in [0.2, 0.25) is 0 Å². The predicted molar refractivity (Wildman–Crippen MR) is 66.1 cm³/mol. The number of hydrogen-bond donors (Lipinski definition) is 1. The Hall–Kier alpha value is -1.92. The molecular formula is C12H17N3O4. The number of carbonyl (C=O) groups is 3. The van der Waals surface area contributed by atoms with E-state index < -0.39 is 0 Å². The highest BCUT2D eigenvalue weighted by atomic mass is 16.5. The van der Waals surface area contributed by atoms with E-state index in [1.165, 1.54) is 7.11 Å². The van der Waals surface area contributed by atoms with Gasteiger partial charge in [0.1, 0.15) is 5.71 Å². The lowest BCUT2D eigenvalue weighted by atomic mass is 9.99. The van der Waals surface area contributed by atoms with E-state index in [4.69, 9.17) is 4.74 Å². The van der Waals surface area contributed by atoms with Gasteiger partial charge in [0.05, 0.1) is 13.0 Å². The number of rotatable bonds is 2. The van der Waals surface area contributed by atoms with E-state index in [0.717, 1.165) is 0 Å². The monoisotopic (exact) mass is 267 g/mol.